The van der Waals surface area contributed by atoms with Crippen molar-refractivity contribution >= 4 is 21.8 Å². The van der Waals surface area contributed by atoms with Crippen LogP contribution in [0.5, 0.6) is 0 Å². The number of aliphatic hydroxyl groups excluding tert-OH is 1. The van der Waals surface area contributed by atoms with Gasteiger partial charge in [0, 0.05) is 35.0 Å². The van der Waals surface area contributed by atoms with Gasteiger partial charge in [-0.15, -0.1) is 0 Å². The van der Waals surface area contributed by atoms with E-state index in [0.717, 1.165) is 42.7 Å². The highest BCUT2D eigenvalue weighted by molar-refractivity contribution is 6.07. The first kappa shape index (κ1) is 12.9. The molecule has 21 heavy (non-hydrogen) atoms. The van der Waals surface area contributed by atoms with E-state index in [1.165, 1.54) is 10.8 Å². The molecular weight excluding hydrogens is 262 g/mol. The van der Waals surface area contributed by atoms with Gasteiger partial charge in [-0.3, -0.25) is 0 Å². The zero-order valence-electron chi connectivity index (χ0n) is 11.9. The summed E-state index contributed by atoms with van der Waals surface area (Å²) in [6.45, 7) is 1.52. The van der Waals surface area contributed by atoms with Gasteiger partial charge in [0.05, 0.1) is 6.10 Å². The monoisotopic (exact) mass is 281 g/mol. The number of aromatic nitrogens is 1. The van der Waals surface area contributed by atoms with Crippen LogP contribution in [-0.4, -0.2) is 23.3 Å². The van der Waals surface area contributed by atoms with Crippen molar-refractivity contribution < 1.29 is 9.84 Å². The fraction of sp³-hybridized carbons (Fsp3) is 0.333. The van der Waals surface area contributed by atoms with Gasteiger partial charge in [-0.25, -0.2) is 0 Å². The van der Waals surface area contributed by atoms with Crippen LogP contribution in [0.25, 0.3) is 21.8 Å². The lowest BCUT2D eigenvalue weighted by atomic mass is 9.89. The highest BCUT2D eigenvalue weighted by atomic mass is 16.5. The summed E-state index contributed by atoms with van der Waals surface area (Å²) < 4.78 is 5.39. The fourth-order valence-corrected chi connectivity index (χ4v) is 3.35. The second kappa shape index (κ2) is 5.17. The quantitative estimate of drug-likeness (QED) is 0.751. The molecule has 1 fully saturated rings. The number of aliphatic hydroxyl groups is 1. The van der Waals surface area contributed by atoms with Crippen LogP contribution in [0, 0.1) is 5.92 Å². The van der Waals surface area contributed by atoms with Gasteiger partial charge in [0.15, 0.2) is 0 Å². The first-order valence-electron chi connectivity index (χ1n) is 7.59. The number of hydrogen-bond acceptors (Lipinski definition) is 2. The molecule has 0 aliphatic carbocycles. The lowest BCUT2D eigenvalue weighted by Gasteiger charge is -2.27. The van der Waals surface area contributed by atoms with Gasteiger partial charge in [-0.1, -0.05) is 24.3 Å². The average Bonchev–Trinajstić information content (AvgIpc) is 2.93. The highest BCUT2D eigenvalue weighted by Crippen LogP contribution is 2.33. The molecule has 1 aromatic heterocycles. The SMILES string of the molecule is OC(c1ccc2[nH]c3ccccc3c2c1)C1CCOCC1. The first-order chi connectivity index (χ1) is 10.3. The van der Waals surface area contributed by atoms with Gasteiger partial charge >= 0.3 is 0 Å². The van der Waals surface area contributed by atoms with Crippen molar-refractivity contribution in [2.24, 2.45) is 5.92 Å². The molecule has 3 heteroatoms. The van der Waals surface area contributed by atoms with Crippen LogP contribution >= 0.6 is 0 Å². The Labute approximate surface area is 123 Å². The number of benzene rings is 2. The van der Waals surface area contributed by atoms with Crippen LogP contribution in [0.15, 0.2) is 42.5 Å². The molecule has 2 heterocycles. The Bertz CT molecular complexity index is 771. The molecule has 4 rings (SSSR count). The summed E-state index contributed by atoms with van der Waals surface area (Å²) in [5.74, 6) is 0.307. The molecule has 2 N–H and O–H groups in total. The smallest absolute Gasteiger partial charge is 0.0820 e. The molecule has 3 nitrogen and oxygen atoms in total. The molecule has 1 aliphatic rings. The van der Waals surface area contributed by atoms with E-state index in [2.05, 4.69) is 35.3 Å². The largest absolute Gasteiger partial charge is 0.388 e. The van der Waals surface area contributed by atoms with Gasteiger partial charge in [0.1, 0.15) is 0 Å². The van der Waals surface area contributed by atoms with Crippen molar-refractivity contribution in [1.82, 2.24) is 4.98 Å². The number of nitrogens with one attached hydrogen (secondary N) is 1. The summed E-state index contributed by atoms with van der Waals surface area (Å²) in [6, 6.07) is 14.6. The van der Waals surface area contributed by atoms with Crippen LogP contribution in [0.4, 0.5) is 0 Å². The van der Waals surface area contributed by atoms with E-state index in [-0.39, 0.29) is 0 Å². The fourth-order valence-electron chi connectivity index (χ4n) is 3.35. The molecule has 0 radical (unpaired) electrons. The highest BCUT2D eigenvalue weighted by Gasteiger charge is 2.23. The van der Waals surface area contributed by atoms with Crippen LogP contribution in [0.3, 0.4) is 0 Å². The summed E-state index contributed by atoms with van der Waals surface area (Å²) in [7, 11) is 0. The summed E-state index contributed by atoms with van der Waals surface area (Å²) in [6.07, 6.45) is 1.48. The number of rotatable bonds is 2. The van der Waals surface area contributed by atoms with Crippen LogP contribution in [-0.2, 0) is 4.74 Å². The molecule has 0 saturated carbocycles. The molecule has 1 atom stereocenters. The van der Waals surface area contributed by atoms with E-state index in [1.807, 2.05) is 12.1 Å². The van der Waals surface area contributed by atoms with Gasteiger partial charge in [0.2, 0.25) is 0 Å². The summed E-state index contributed by atoms with van der Waals surface area (Å²) in [5, 5.41) is 13.1. The van der Waals surface area contributed by atoms with Crippen LogP contribution < -0.4 is 0 Å². The molecule has 108 valence electrons. The predicted octanol–water partition coefficient (Wildman–Crippen LogP) is 3.78. The predicted molar refractivity (Wildman–Crippen MR) is 84.3 cm³/mol. The number of fused-ring (bicyclic) bond motifs is 3. The topological polar surface area (TPSA) is 45.2 Å². The van der Waals surface area contributed by atoms with Crippen LogP contribution in [0.1, 0.15) is 24.5 Å². The molecule has 2 aromatic carbocycles. The third-order valence-corrected chi connectivity index (χ3v) is 4.58. The van der Waals surface area contributed by atoms with Gasteiger partial charge in [0.25, 0.3) is 0 Å². The number of aromatic amines is 1. The van der Waals surface area contributed by atoms with E-state index < -0.39 is 6.10 Å². The molecule has 0 spiro atoms. The lowest BCUT2D eigenvalue weighted by Crippen LogP contribution is -2.21. The number of ether oxygens (including phenoxy) is 1. The Hall–Kier alpha value is -1.84. The van der Waals surface area contributed by atoms with Crippen molar-refractivity contribution in [3.05, 3.63) is 48.0 Å². The summed E-state index contributed by atoms with van der Waals surface area (Å²) >= 11 is 0. The third kappa shape index (κ3) is 2.23. The Morgan fingerprint density at radius 1 is 1.00 bits per heavy atom. The molecule has 0 amide bonds. The van der Waals surface area contributed by atoms with E-state index in [1.54, 1.807) is 0 Å². The number of para-hydroxylation sites is 1. The summed E-state index contributed by atoms with van der Waals surface area (Å²) in [5.41, 5.74) is 3.28. The molecule has 3 aromatic rings. The van der Waals surface area contributed by atoms with Gasteiger partial charge in [-0.05, 0) is 42.5 Å². The minimum atomic E-state index is -0.396. The van der Waals surface area contributed by atoms with Crippen molar-refractivity contribution in [3.63, 3.8) is 0 Å². The second-order valence-electron chi connectivity index (χ2n) is 5.87. The molecule has 0 bridgehead atoms. The van der Waals surface area contributed by atoms with E-state index in [0.29, 0.717) is 5.92 Å². The maximum absolute atomic E-state index is 10.6. The maximum Gasteiger partial charge on any atom is 0.0820 e. The Morgan fingerprint density at radius 3 is 2.62 bits per heavy atom. The van der Waals surface area contributed by atoms with E-state index >= 15 is 0 Å². The van der Waals surface area contributed by atoms with Crippen molar-refractivity contribution in [2.75, 3.05) is 13.2 Å². The molecule has 1 aliphatic heterocycles. The molecule has 1 unspecified atom stereocenters. The Balaban J connectivity index is 1.76. The average molecular weight is 281 g/mol. The Morgan fingerprint density at radius 2 is 1.76 bits per heavy atom. The first-order valence-corrected chi connectivity index (χ1v) is 7.59. The molecule has 1 saturated heterocycles. The standard InChI is InChI=1S/C18H19NO2/c20-18(12-7-9-21-10-8-12)13-5-6-17-15(11-13)14-3-1-2-4-16(14)19-17/h1-6,11-12,18-20H,7-10H2. The zero-order chi connectivity index (χ0) is 14.2. The third-order valence-electron chi connectivity index (χ3n) is 4.58. The van der Waals surface area contributed by atoms with Crippen molar-refractivity contribution in [3.8, 4) is 0 Å². The van der Waals surface area contributed by atoms with Crippen molar-refractivity contribution in [2.45, 2.75) is 18.9 Å². The zero-order valence-corrected chi connectivity index (χ0v) is 11.9. The van der Waals surface area contributed by atoms with Gasteiger partial charge < -0.3 is 14.8 Å². The lowest BCUT2D eigenvalue weighted by molar-refractivity contribution is 0.00723. The van der Waals surface area contributed by atoms with Gasteiger partial charge in [-0.2, -0.15) is 0 Å². The maximum atomic E-state index is 10.6. The number of hydrogen-bond donors (Lipinski definition) is 2. The minimum Gasteiger partial charge on any atom is -0.388 e. The van der Waals surface area contributed by atoms with E-state index in [9.17, 15) is 5.11 Å². The van der Waals surface area contributed by atoms with E-state index in [4.69, 9.17) is 4.74 Å². The van der Waals surface area contributed by atoms with Crippen molar-refractivity contribution in [1.29, 1.82) is 0 Å². The normalized spacial score (nSPS) is 18.3. The molecular formula is C18H19NO2. The van der Waals surface area contributed by atoms with Crippen LogP contribution in [0.2, 0.25) is 0 Å². The Kier molecular flexibility index (Phi) is 3.17. The minimum absolute atomic E-state index is 0.307. The summed E-state index contributed by atoms with van der Waals surface area (Å²) in [4.78, 5) is 3.42. The second-order valence-corrected chi connectivity index (χ2v) is 5.87. The number of H-pyrrole nitrogens is 1.